The lowest BCUT2D eigenvalue weighted by Gasteiger charge is -2.70. The molecule has 0 atom stereocenters. The van der Waals surface area contributed by atoms with Crippen LogP contribution < -0.4 is 14.8 Å². The van der Waals surface area contributed by atoms with Crippen molar-refractivity contribution in [3.05, 3.63) is 58.9 Å². The summed E-state index contributed by atoms with van der Waals surface area (Å²) in [6.07, 6.45) is 3.81. The Labute approximate surface area is 185 Å². The highest BCUT2D eigenvalue weighted by Gasteiger charge is 2.68. The van der Waals surface area contributed by atoms with Crippen LogP contribution in [0.5, 0.6) is 11.5 Å². The Bertz CT molecular complexity index is 972. The first-order chi connectivity index (χ1) is 14.8. The third-order valence-corrected chi connectivity index (χ3v) is 6.30. The van der Waals surface area contributed by atoms with Gasteiger partial charge in [0.2, 0.25) is 0 Å². The first-order valence-electron chi connectivity index (χ1n) is 10.5. The number of ketones is 1. The molecule has 0 saturated heterocycles. The van der Waals surface area contributed by atoms with Gasteiger partial charge in [-0.15, -0.1) is 0 Å². The molecule has 2 aromatic rings. The first kappa shape index (κ1) is 21.6. The number of carbonyl (C=O) groups is 2. The van der Waals surface area contributed by atoms with Gasteiger partial charge >= 0.3 is 0 Å². The van der Waals surface area contributed by atoms with E-state index in [0.717, 1.165) is 37.5 Å². The van der Waals surface area contributed by atoms with Crippen LogP contribution in [0, 0.1) is 11.2 Å². The van der Waals surface area contributed by atoms with E-state index >= 15 is 0 Å². The second-order valence-electron chi connectivity index (χ2n) is 8.70. The van der Waals surface area contributed by atoms with Crippen molar-refractivity contribution in [2.24, 2.45) is 5.41 Å². The second kappa shape index (κ2) is 8.50. The number of ether oxygens (including phenoxy) is 2. The molecule has 0 aliphatic heterocycles. The Hall–Kier alpha value is -2.60. The van der Waals surface area contributed by atoms with E-state index in [0.29, 0.717) is 18.6 Å². The standard InChI is InChI=1S/C24H25ClFNO4/c1-2-9-30-17-5-3-16(4-6-17)21(28)11-23-13-24(14-23,15-23)27-22(29)12-31-18-7-8-19(25)20(26)10-18/h3-8,10H,2,9,11-15H2,1H3,(H,27,29). The van der Waals surface area contributed by atoms with Gasteiger partial charge in [-0.05, 0) is 67.5 Å². The molecule has 3 fully saturated rings. The predicted molar refractivity (Wildman–Crippen MR) is 115 cm³/mol. The average Bonchev–Trinajstić information content (AvgIpc) is 2.71. The largest absolute Gasteiger partial charge is 0.494 e. The van der Waals surface area contributed by atoms with Gasteiger partial charge in [-0.25, -0.2) is 4.39 Å². The van der Waals surface area contributed by atoms with Crippen LogP contribution in [0.15, 0.2) is 42.5 Å². The summed E-state index contributed by atoms with van der Waals surface area (Å²) in [7, 11) is 0. The molecule has 164 valence electrons. The van der Waals surface area contributed by atoms with E-state index in [1.165, 1.54) is 12.1 Å². The summed E-state index contributed by atoms with van der Waals surface area (Å²) >= 11 is 5.64. The van der Waals surface area contributed by atoms with Gasteiger partial charge in [-0.1, -0.05) is 18.5 Å². The maximum absolute atomic E-state index is 13.4. The van der Waals surface area contributed by atoms with Crippen LogP contribution in [0.3, 0.4) is 0 Å². The second-order valence-corrected chi connectivity index (χ2v) is 9.10. The third kappa shape index (κ3) is 4.69. The zero-order valence-corrected chi connectivity index (χ0v) is 18.1. The van der Waals surface area contributed by atoms with E-state index < -0.39 is 5.82 Å². The van der Waals surface area contributed by atoms with Crippen molar-refractivity contribution in [1.82, 2.24) is 5.32 Å². The summed E-state index contributed by atoms with van der Waals surface area (Å²) in [6, 6.07) is 11.3. The number of benzene rings is 2. The minimum Gasteiger partial charge on any atom is -0.494 e. The van der Waals surface area contributed by atoms with Crippen LogP contribution in [0.1, 0.15) is 49.4 Å². The van der Waals surface area contributed by atoms with Gasteiger partial charge in [0.15, 0.2) is 12.4 Å². The molecule has 7 heteroatoms. The molecule has 3 aliphatic carbocycles. The summed E-state index contributed by atoms with van der Waals surface area (Å²) < 4.78 is 24.3. The average molecular weight is 446 g/mol. The van der Waals surface area contributed by atoms with Gasteiger partial charge in [-0.2, -0.15) is 0 Å². The Morgan fingerprint density at radius 3 is 2.39 bits per heavy atom. The highest BCUT2D eigenvalue weighted by molar-refractivity contribution is 6.30. The van der Waals surface area contributed by atoms with Gasteiger partial charge in [-0.3, -0.25) is 9.59 Å². The molecule has 2 aromatic carbocycles. The molecule has 0 spiro atoms. The van der Waals surface area contributed by atoms with Gasteiger partial charge < -0.3 is 14.8 Å². The number of rotatable bonds is 10. The zero-order chi connectivity index (χ0) is 22.1. The van der Waals surface area contributed by atoms with E-state index in [9.17, 15) is 14.0 Å². The fourth-order valence-electron chi connectivity index (χ4n) is 4.77. The van der Waals surface area contributed by atoms with Crippen molar-refractivity contribution in [1.29, 1.82) is 0 Å². The summed E-state index contributed by atoms with van der Waals surface area (Å²) in [5.41, 5.74) is 0.446. The lowest BCUT2D eigenvalue weighted by Crippen LogP contribution is -2.75. The SMILES string of the molecule is CCCOc1ccc(C(=O)CC23CC(NC(=O)COc4ccc(Cl)c(F)c4)(C2)C3)cc1. The van der Waals surface area contributed by atoms with Gasteiger partial charge in [0.1, 0.15) is 17.3 Å². The molecular weight excluding hydrogens is 421 g/mol. The van der Waals surface area contributed by atoms with E-state index in [4.69, 9.17) is 21.1 Å². The van der Waals surface area contributed by atoms with Gasteiger partial charge in [0.05, 0.1) is 11.6 Å². The molecule has 5 rings (SSSR count). The van der Waals surface area contributed by atoms with E-state index in [2.05, 4.69) is 5.32 Å². The Balaban J connectivity index is 1.21. The molecule has 1 N–H and O–H groups in total. The predicted octanol–water partition coefficient (Wildman–Crippen LogP) is 4.96. The quantitative estimate of drug-likeness (QED) is 0.525. The van der Waals surface area contributed by atoms with Crippen molar-refractivity contribution in [2.45, 2.75) is 44.6 Å². The van der Waals surface area contributed by atoms with E-state index in [1.54, 1.807) is 0 Å². The number of nitrogens with one attached hydrogen (secondary N) is 1. The molecule has 0 unspecified atom stereocenters. The lowest BCUT2D eigenvalue weighted by molar-refractivity contribution is -0.164. The highest BCUT2D eigenvalue weighted by Crippen LogP contribution is 2.69. The molecule has 3 aliphatic rings. The van der Waals surface area contributed by atoms with Crippen molar-refractivity contribution in [2.75, 3.05) is 13.2 Å². The fraction of sp³-hybridized carbons (Fsp3) is 0.417. The van der Waals surface area contributed by atoms with Crippen LogP contribution in [-0.4, -0.2) is 30.4 Å². The Kier molecular flexibility index (Phi) is 5.93. The number of hydrogen-bond acceptors (Lipinski definition) is 4. The minimum atomic E-state index is -0.589. The monoisotopic (exact) mass is 445 g/mol. The smallest absolute Gasteiger partial charge is 0.258 e. The van der Waals surface area contributed by atoms with Crippen LogP contribution in [0.4, 0.5) is 4.39 Å². The van der Waals surface area contributed by atoms with Crippen molar-refractivity contribution < 1.29 is 23.5 Å². The number of carbonyl (C=O) groups excluding carboxylic acids is 2. The lowest BCUT2D eigenvalue weighted by atomic mass is 9.38. The highest BCUT2D eigenvalue weighted by atomic mass is 35.5. The van der Waals surface area contributed by atoms with Gasteiger partial charge in [0, 0.05) is 23.6 Å². The maximum atomic E-state index is 13.4. The summed E-state index contributed by atoms with van der Waals surface area (Å²) in [5, 5.41) is 3.01. The molecule has 5 nitrogen and oxygen atoms in total. The maximum Gasteiger partial charge on any atom is 0.258 e. The number of hydrogen-bond donors (Lipinski definition) is 1. The van der Waals surface area contributed by atoms with Crippen LogP contribution >= 0.6 is 11.6 Å². The normalized spacial score (nSPS) is 23.3. The molecule has 0 heterocycles. The molecule has 31 heavy (non-hydrogen) atoms. The summed E-state index contributed by atoms with van der Waals surface area (Å²) in [5.74, 6) is 0.304. The number of amides is 1. The molecule has 1 amide bonds. The van der Waals surface area contributed by atoms with Crippen LogP contribution in [0.2, 0.25) is 5.02 Å². The molecule has 0 aromatic heterocycles. The Morgan fingerprint density at radius 1 is 1.06 bits per heavy atom. The van der Waals surface area contributed by atoms with Crippen molar-refractivity contribution in [3.8, 4) is 11.5 Å². The van der Waals surface area contributed by atoms with Crippen LogP contribution in [0.25, 0.3) is 0 Å². The van der Waals surface area contributed by atoms with E-state index in [1.807, 2.05) is 31.2 Å². The minimum absolute atomic E-state index is 0.00582. The summed E-state index contributed by atoms with van der Waals surface area (Å²) in [4.78, 5) is 24.9. The first-order valence-corrected chi connectivity index (χ1v) is 10.8. The molecular formula is C24H25ClFNO4. The Morgan fingerprint density at radius 2 is 1.74 bits per heavy atom. The topological polar surface area (TPSA) is 64.6 Å². The molecule has 2 bridgehead atoms. The number of Topliss-reactive ketones (excluding diaryl/α,β-unsaturated/α-hetero) is 1. The van der Waals surface area contributed by atoms with Crippen molar-refractivity contribution in [3.63, 3.8) is 0 Å². The van der Waals surface area contributed by atoms with Crippen molar-refractivity contribution >= 4 is 23.3 Å². The molecule has 0 radical (unpaired) electrons. The van der Waals surface area contributed by atoms with Crippen LogP contribution in [-0.2, 0) is 4.79 Å². The molecule has 3 saturated carbocycles. The third-order valence-electron chi connectivity index (χ3n) is 5.99. The summed E-state index contributed by atoms with van der Waals surface area (Å²) in [6.45, 7) is 2.51. The van der Waals surface area contributed by atoms with Gasteiger partial charge in [0.25, 0.3) is 5.91 Å². The fourth-order valence-corrected chi connectivity index (χ4v) is 4.88. The zero-order valence-electron chi connectivity index (χ0n) is 17.4. The van der Waals surface area contributed by atoms with E-state index in [-0.39, 0.29) is 40.0 Å². The number of halogens is 2.